The van der Waals surface area contributed by atoms with Gasteiger partial charge in [-0.1, -0.05) is 0 Å². The van der Waals surface area contributed by atoms with E-state index in [0.29, 0.717) is 27.6 Å². The molecule has 0 spiro atoms. The maximum atomic E-state index is 12.4. The number of methoxy groups -OCH3 is 2. The molecule has 0 radical (unpaired) electrons. The number of nitriles is 1. The van der Waals surface area contributed by atoms with Gasteiger partial charge in [0.1, 0.15) is 22.6 Å². The maximum Gasteiger partial charge on any atom is 0.260 e. The van der Waals surface area contributed by atoms with Crippen molar-refractivity contribution in [1.82, 2.24) is 0 Å². The second kappa shape index (κ2) is 6.50. The maximum absolute atomic E-state index is 12.4. The van der Waals surface area contributed by atoms with Gasteiger partial charge in [0.25, 0.3) is 5.91 Å². The molecule has 114 valence electrons. The Bertz CT molecular complexity index is 759. The predicted molar refractivity (Wildman–Crippen MR) is 86.0 cm³/mol. The first-order chi connectivity index (χ1) is 10.5. The molecule has 0 saturated heterocycles. The summed E-state index contributed by atoms with van der Waals surface area (Å²) in [4.78, 5) is 13.5. The molecule has 1 N–H and O–H groups in total. The molecule has 6 heteroatoms. The number of nitrogens with one attached hydrogen (secondary N) is 1. The van der Waals surface area contributed by atoms with Crippen molar-refractivity contribution < 1.29 is 14.3 Å². The molecule has 0 unspecified atom stereocenters. The zero-order valence-corrected chi connectivity index (χ0v) is 13.6. The molecule has 1 aromatic carbocycles. The fourth-order valence-electron chi connectivity index (χ4n) is 2.01. The summed E-state index contributed by atoms with van der Waals surface area (Å²) in [7, 11) is 3.04. The summed E-state index contributed by atoms with van der Waals surface area (Å²) in [6, 6.07) is 7.10. The number of nitrogens with zero attached hydrogens (tertiary/aromatic N) is 1. The van der Waals surface area contributed by atoms with E-state index in [1.165, 1.54) is 18.4 Å². The highest BCUT2D eigenvalue weighted by Gasteiger charge is 2.18. The molecule has 1 heterocycles. The van der Waals surface area contributed by atoms with Crippen LogP contribution in [0.4, 0.5) is 5.00 Å². The fraction of sp³-hybridized carbons (Fsp3) is 0.250. The SMILES string of the molecule is COc1ccc(C(=O)Nc2sc(C)c(C)c2C#N)c(OC)c1. The smallest absolute Gasteiger partial charge is 0.260 e. The molecule has 0 fully saturated rings. The molecule has 0 aliphatic rings. The second-order valence-corrected chi connectivity index (χ2v) is 5.84. The molecule has 1 amide bonds. The fourth-order valence-corrected chi connectivity index (χ4v) is 3.01. The third-order valence-electron chi connectivity index (χ3n) is 3.38. The minimum Gasteiger partial charge on any atom is -0.497 e. The number of rotatable bonds is 4. The summed E-state index contributed by atoms with van der Waals surface area (Å²) < 4.78 is 10.3. The third kappa shape index (κ3) is 2.90. The molecule has 0 saturated carbocycles. The van der Waals surface area contributed by atoms with Crippen molar-refractivity contribution in [3.05, 3.63) is 39.8 Å². The van der Waals surface area contributed by atoms with Crippen LogP contribution in [0.3, 0.4) is 0 Å². The first-order valence-electron chi connectivity index (χ1n) is 6.55. The number of thiophene rings is 1. The number of hydrogen-bond acceptors (Lipinski definition) is 5. The molecule has 0 aliphatic carbocycles. The van der Waals surface area contributed by atoms with Crippen LogP contribution in [-0.4, -0.2) is 20.1 Å². The van der Waals surface area contributed by atoms with E-state index >= 15 is 0 Å². The molecule has 0 atom stereocenters. The van der Waals surface area contributed by atoms with Gasteiger partial charge in [-0.3, -0.25) is 4.79 Å². The minimum absolute atomic E-state index is 0.322. The van der Waals surface area contributed by atoms with Crippen LogP contribution in [0.25, 0.3) is 0 Å². The van der Waals surface area contributed by atoms with Crippen LogP contribution < -0.4 is 14.8 Å². The first kappa shape index (κ1) is 15.9. The topological polar surface area (TPSA) is 71.3 Å². The molecule has 2 rings (SSSR count). The molecule has 0 bridgehead atoms. The molecule has 22 heavy (non-hydrogen) atoms. The van der Waals surface area contributed by atoms with Gasteiger partial charge in [-0.25, -0.2) is 0 Å². The summed E-state index contributed by atoms with van der Waals surface area (Å²) in [5.41, 5.74) is 1.78. The van der Waals surface area contributed by atoms with Crippen LogP contribution in [0.15, 0.2) is 18.2 Å². The Hall–Kier alpha value is -2.52. The van der Waals surface area contributed by atoms with E-state index in [1.54, 1.807) is 25.3 Å². The molecule has 0 aliphatic heterocycles. The first-order valence-corrected chi connectivity index (χ1v) is 7.37. The van der Waals surface area contributed by atoms with E-state index in [9.17, 15) is 10.1 Å². The lowest BCUT2D eigenvalue weighted by Gasteiger charge is -2.10. The van der Waals surface area contributed by atoms with Gasteiger partial charge in [-0.2, -0.15) is 5.26 Å². The van der Waals surface area contributed by atoms with Gasteiger partial charge >= 0.3 is 0 Å². The second-order valence-electron chi connectivity index (χ2n) is 4.62. The normalized spacial score (nSPS) is 9.95. The summed E-state index contributed by atoms with van der Waals surface area (Å²) in [6.07, 6.45) is 0. The Morgan fingerprint density at radius 3 is 2.59 bits per heavy atom. The quantitative estimate of drug-likeness (QED) is 0.937. The van der Waals surface area contributed by atoms with Crippen molar-refractivity contribution in [1.29, 1.82) is 5.26 Å². The van der Waals surface area contributed by atoms with Gasteiger partial charge in [-0.05, 0) is 31.5 Å². The zero-order chi connectivity index (χ0) is 16.3. The van der Waals surface area contributed by atoms with E-state index in [-0.39, 0.29) is 5.91 Å². The van der Waals surface area contributed by atoms with E-state index in [1.807, 2.05) is 13.8 Å². The van der Waals surface area contributed by atoms with E-state index < -0.39 is 0 Å². The van der Waals surface area contributed by atoms with Crippen LogP contribution in [0, 0.1) is 25.2 Å². The number of carbonyl (C=O) groups excluding carboxylic acids is 1. The van der Waals surface area contributed by atoms with E-state index in [4.69, 9.17) is 9.47 Å². The summed E-state index contributed by atoms with van der Waals surface area (Å²) in [5.74, 6) is 0.700. The number of ether oxygens (including phenoxy) is 2. The number of hydrogen-bond donors (Lipinski definition) is 1. The Kier molecular flexibility index (Phi) is 4.68. The zero-order valence-electron chi connectivity index (χ0n) is 12.8. The van der Waals surface area contributed by atoms with Crippen LogP contribution in [0.2, 0.25) is 0 Å². The molecular weight excluding hydrogens is 300 g/mol. The molecular formula is C16H16N2O3S. The summed E-state index contributed by atoms with van der Waals surface area (Å²) in [6.45, 7) is 3.79. The van der Waals surface area contributed by atoms with Gasteiger partial charge in [0.2, 0.25) is 0 Å². The number of anilines is 1. The summed E-state index contributed by atoms with van der Waals surface area (Å²) in [5, 5.41) is 12.6. The van der Waals surface area contributed by atoms with Crippen LogP contribution in [-0.2, 0) is 0 Å². The van der Waals surface area contributed by atoms with Crippen molar-refractivity contribution in [3.63, 3.8) is 0 Å². The Balaban J connectivity index is 2.34. The third-order valence-corrected chi connectivity index (χ3v) is 4.50. The molecule has 5 nitrogen and oxygen atoms in total. The number of aryl methyl sites for hydroxylation is 1. The number of carbonyl (C=O) groups is 1. The monoisotopic (exact) mass is 316 g/mol. The lowest BCUT2D eigenvalue weighted by Crippen LogP contribution is -2.13. The predicted octanol–water partition coefficient (Wildman–Crippen LogP) is 3.51. The number of amides is 1. The Morgan fingerprint density at radius 1 is 1.27 bits per heavy atom. The van der Waals surface area contributed by atoms with Gasteiger partial charge in [-0.15, -0.1) is 11.3 Å². The lowest BCUT2D eigenvalue weighted by molar-refractivity contribution is 0.102. The van der Waals surface area contributed by atoms with Gasteiger partial charge < -0.3 is 14.8 Å². The lowest BCUT2D eigenvalue weighted by atomic mass is 10.1. The highest BCUT2D eigenvalue weighted by Crippen LogP contribution is 2.33. The van der Waals surface area contributed by atoms with Crippen molar-refractivity contribution in [2.75, 3.05) is 19.5 Å². The van der Waals surface area contributed by atoms with Gasteiger partial charge in [0, 0.05) is 10.9 Å². The van der Waals surface area contributed by atoms with Crippen molar-refractivity contribution in [2.45, 2.75) is 13.8 Å². The Morgan fingerprint density at radius 2 is 2.00 bits per heavy atom. The van der Waals surface area contributed by atoms with Crippen molar-refractivity contribution in [3.8, 4) is 17.6 Å². The minimum atomic E-state index is -0.322. The summed E-state index contributed by atoms with van der Waals surface area (Å²) >= 11 is 1.39. The highest BCUT2D eigenvalue weighted by molar-refractivity contribution is 7.16. The average Bonchev–Trinajstić information content (AvgIpc) is 2.80. The van der Waals surface area contributed by atoms with Crippen LogP contribution in [0.1, 0.15) is 26.4 Å². The molecule has 2 aromatic rings. The Labute approximate surface area is 133 Å². The number of benzene rings is 1. The largest absolute Gasteiger partial charge is 0.497 e. The average molecular weight is 316 g/mol. The van der Waals surface area contributed by atoms with E-state index in [0.717, 1.165) is 10.4 Å². The molecule has 1 aromatic heterocycles. The van der Waals surface area contributed by atoms with Gasteiger partial charge in [0.15, 0.2) is 0 Å². The van der Waals surface area contributed by atoms with Crippen LogP contribution in [0.5, 0.6) is 11.5 Å². The van der Waals surface area contributed by atoms with Crippen LogP contribution >= 0.6 is 11.3 Å². The van der Waals surface area contributed by atoms with E-state index in [2.05, 4.69) is 11.4 Å². The van der Waals surface area contributed by atoms with Gasteiger partial charge in [0.05, 0.1) is 25.3 Å². The highest BCUT2D eigenvalue weighted by atomic mass is 32.1. The standard InChI is InChI=1S/C16H16N2O3S/c1-9-10(2)22-16(13(9)8-17)18-15(19)12-6-5-11(20-3)7-14(12)21-4/h5-7H,1-4H3,(H,18,19). The van der Waals surface area contributed by atoms with Crippen molar-refractivity contribution >= 4 is 22.2 Å². The van der Waals surface area contributed by atoms with Crippen molar-refractivity contribution in [2.24, 2.45) is 0 Å².